The zero-order valence-corrected chi connectivity index (χ0v) is 11.2. The summed E-state index contributed by atoms with van der Waals surface area (Å²) >= 11 is 5.87. The predicted octanol–water partition coefficient (Wildman–Crippen LogP) is 1.98. The average Bonchev–Trinajstić information content (AvgIpc) is 2.85. The Labute approximate surface area is 119 Å². The highest BCUT2D eigenvalue weighted by atomic mass is 35.5. The van der Waals surface area contributed by atoms with E-state index in [2.05, 4.69) is 15.6 Å². The lowest BCUT2D eigenvalue weighted by atomic mass is 10.1. The number of halogens is 1. The topological polar surface area (TPSA) is 114 Å². The minimum absolute atomic E-state index is 0.118. The Bertz CT molecular complexity index is 681. The second kappa shape index (κ2) is 5.62. The molecule has 0 fully saturated rings. The number of nitrogens with two attached hydrogens (primary N) is 1. The molecule has 0 unspecified atom stereocenters. The van der Waals surface area contributed by atoms with E-state index in [1.807, 2.05) is 0 Å². The minimum Gasteiger partial charge on any atom is -0.409 e. The number of anilines is 1. The number of carbonyl (C=O) groups excluding carboxylic acids is 1. The quantitative estimate of drug-likeness (QED) is 0.347. The van der Waals surface area contributed by atoms with E-state index < -0.39 is 5.91 Å². The highest BCUT2D eigenvalue weighted by Gasteiger charge is 2.15. The molecule has 104 valence electrons. The van der Waals surface area contributed by atoms with Crippen molar-refractivity contribution in [2.75, 3.05) is 5.32 Å². The predicted molar refractivity (Wildman–Crippen MR) is 73.2 cm³/mol. The number of benzene rings is 1. The number of hydrogen-bond donors (Lipinski definition) is 3. The van der Waals surface area contributed by atoms with E-state index in [0.717, 1.165) is 0 Å². The summed E-state index contributed by atoms with van der Waals surface area (Å²) in [5.41, 5.74) is 6.30. The van der Waals surface area contributed by atoms with Gasteiger partial charge in [-0.2, -0.15) is 0 Å². The largest absolute Gasteiger partial charge is 0.409 e. The molecule has 0 bridgehead atoms. The number of hydrogen-bond acceptors (Lipinski definition) is 5. The summed E-state index contributed by atoms with van der Waals surface area (Å²) in [6, 6.07) is 6.06. The molecule has 1 heterocycles. The monoisotopic (exact) mass is 294 g/mol. The van der Waals surface area contributed by atoms with E-state index in [4.69, 9.17) is 27.1 Å². The molecule has 0 atom stereocenters. The number of aryl methyl sites for hydroxylation is 1. The molecule has 1 aromatic heterocycles. The third-order valence-corrected chi connectivity index (χ3v) is 2.71. The maximum absolute atomic E-state index is 12.0. The fraction of sp³-hybridized carbons (Fsp3) is 0.0833. The molecule has 1 amide bonds. The van der Waals surface area contributed by atoms with E-state index in [0.29, 0.717) is 22.0 Å². The van der Waals surface area contributed by atoms with E-state index >= 15 is 0 Å². The van der Waals surface area contributed by atoms with Crippen molar-refractivity contribution in [2.24, 2.45) is 10.9 Å². The Morgan fingerprint density at radius 3 is 2.85 bits per heavy atom. The molecule has 8 heteroatoms. The van der Waals surface area contributed by atoms with Crippen molar-refractivity contribution >= 4 is 29.0 Å². The Morgan fingerprint density at radius 1 is 1.50 bits per heavy atom. The average molecular weight is 295 g/mol. The summed E-state index contributed by atoms with van der Waals surface area (Å²) in [6.07, 6.45) is 0. The maximum Gasteiger partial charge on any atom is 0.277 e. The van der Waals surface area contributed by atoms with Gasteiger partial charge in [-0.1, -0.05) is 21.9 Å². The standard InChI is InChI=1S/C12H11ClN4O3/c1-6-4-10(17-20-6)12(18)15-9-5-7(13)2-3-8(9)11(14)16-19/h2-5,19H,1H3,(H2,14,16)(H,15,18). The zero-order valence-electron chi connectivity index (χ0n) is 10.4. The van der Waals surface area contributed by atoms with Crippen LogP contribution in [0.15, 0.2) is 33.9 Å². The smallest absolute Gasteiger partial charge is 0.277 e. The number of nitrogens with zero attached hydrogens (tertiary/aromatic N) is 2. The lowest BCUT2D eigenvalue weighted by Crippen LogP contribution is -2.19. The number of amides is 1. The van der Waals surface area contributed by atoms with Crippen LogP contribution in [-0.2, 0) is 0 Å². The van der Waals surface area contributed by atoms with Gasteiger partial charge < -0.3 is 20.8 Å². The van der Waals surface area contributed by atoms with Crippen molar-refractivity contribution in [3.8, 4) is 0 Å². The molecule has 4 N–H and O–H groups in total. The van der Waals surface area contributed by atoms with E-state index in [-0.39, 0.29) is 11.5 Å². The number of nitrogens with one attached hydrogen (secondary N) is 1. The van der Waals surface area contributed by atoms with Gasteiger partial charge in [-0.25, -0.2) is 0 Å². The molecule has 0 saturated heterocycles. The Balaban J connectivity index is 2.33. The number of aromatic nitrogens is 1. The molecular formula is C12H11ClN4O3. The van der Waals surface area contributed by atoms with Crippen LogP contribution in [0.25, 0.3) is 0 Å². The molecule has 7 nitrogen and oxygen atoms in total. The van der Waals surface area contributed by atoms with Crippen LogP contribution in [0.4, 0.5) is 5.69 Å². The van der Waals surface area contributed by atoms with Gasteiger partial charge >= 0.3 is 0 Å². The molecule has 0 radical (unpaired) electrons. The van der Waals surface area contributed by atoms with Gasteiger partial charge in [0, 0.05) is 16.7 Å². The maximum atomic E-state index is 12.0. The van der Waals surface area contributed by atoms with Crippen molar-refractivity contribution in [2.45, 2.75) is 6.92 Å². The SMILES string of the molecule is Cc1cc(C(=O)Nc2cc(Cl)ccc2C(N)=NO)no1. The van der Waals surface area contributed by atoms with Crippen LogP contribution >= 0.6 is 11.6 Å². The number of rotatable bonds is 3. The molecule has 0 aliphatic carbocycles. The van der Waals surface area contributed by atoms with Crippen LogP contribution in [0.2, 0.25) is 5.02 Å². The lowest BCUT2D eigenvalue weighted by Gasteiger charge is -2.09. The molecule has 1 aromatic carbocycles. The van der Waals surface area contributed by atoms with Gasteiger partial charge in [0.25, 0.3) is 5.91 Å². The number of carbonyl (C=O) groups is 1. The fourth-order valence-corrected chi connectivity index (χ4v) is 1.73. The summed E-state index contributed by atoms with van der Waals surface area (Å²) < 4.78 is 4.82. The summed E-state index contributed by atoms with van der Waals surface area (Å²) in [5, 5.41) is 18.2. The first kappa shape index (κ1) is 13.9. The Morgan fingerprint density at radius 2 is 2.25 bits per heavy atom. The van der Waals surface area contributed by atoms with Gasteiger partial charge in [0.15, 0.2) is 11.5 Å². The van der Waals surface area contributed by atoms with Crippen molar-refractivity contribution in [3.05, 3.63) is 46.3 Å². The first-order valence-corrected chi connectivity index (χ1v) is 5.91. The highest BCUT2D eigenvalue weighted by Crippen LogP contribution is 2.21. The first-order valence-electron chi connectivity index (χ1n) is 5.53. The molecule has 2 aromatic rings. The first-order chi connectivity index (χ1) is 9.51. The van der Waals surface area contributed by atoms with Gasteiger partial charge in [-0.05, 0) is 25.1 Å². The van der Waals surface area contributed by atoms with Crippen LogP contribution in [0.3, 0.4) is 0 Å². The Hall–Kier alpha value is -2.54. The van der Waals surface area contributed by atoms with Crippen LogP contribution in [0, 0.1) is 6.92 Å². The van der Waals surface area contributed by atoms with Gasteiger partial charge in [-0.15, -0.1) is 0 Å². The lowest BCUT2D eigenvalue weighted by molar-refractivity contribution is 0.101. The molecule has 0 aliphatic heterocycles. The van der Waals surface area contributed by atoms with Crippen LogP contribution < -0.4 is 11.1 Å². The summed E-state index contributed by atoms with van der Waals surface area (Å²) in [6.45, 7) is 1.67. The van der Waals surface area contributed by atoms with Crippen LogP contribution in [-0.4, -0.2) is 22.1 Å². The molecule has 0 aliphatic rings. The third kappa shape index (κ3) is 2.89. The summed E-state index contributed by atoms with van der Waals surface area (Å²) in [5.74, 6) is -0.123. The molecule has 2 rings (SSSR count). The molecule has 0 spiro atoms. The third-order valence-electron chi connectivity index (χ3n) is 2.47. The van der Waals surface area contributed by atoms with Crippen molar-refractivity contribution in [3.63, 3.8) is 0 Å². The highest BCUT2D eigenvalue weighted by molar-refractivity contribution is 6.31. The normalized spacial score (nSPS) is 11.4. The van der Waals surface area contributed by atoms with Gasteiger partial charge in [0.2, 0.25) is 0 Å². The molecule has 0 saturated carbocycles. The Kier molecular flexibility index (Phi) is 3.90. The van der Waals surface area contributed by atoms with Gasteiger partial charge in [-0.3, -0.25) is 4.79 Å². The van der Waals surface area contributed by atoms with Gasteiger partial charge in [0.1, 0.15) is 5.76 Å². The zero-order chi connectivity index (χ0) is 14.7. The minimum atomic E-state index is -0.490. The van der Waals surface area contributed by atoms with E-state index in [9.17, 15) is 4.79 Å². The van der Waals surface area contributed by atoms with Crippen molar-refractivity contribution in [1.29, 1.82) is 0 Å². The molecule has 20 heavy (non-hydrogen) atoms. The van der Waals surface area contributed by atoms with Crippen LogP contribution in [0.1, 0.15) is 21.8 Å². The van der Waals surface area contributed by atoms with E-state index in [1.54, 1.807) is 13.0 Å². The fourth-order valence-electron chi connectivity index (χ4n) is 1.56. The van der Waals surface area contributed by atoms with Crippen molar-refractivity contribution < 1.29 is 14.5 Å². The van der Waals surface area contributed by atoms with E-state index in [1.165, 1.54) is 18.2 Å². The van der Waals surface area contributed by atoms with Gasteiger partial charge in [0.05, 0.1) is 5.69 Å². The van der Waals surface area contributed by atoms with Crippen molar-refractivity contribution in [1.82, 2.24) is 5.16 Å². The number of oxime groups is 1. The number of amidine groups is 1. The second-order valence-electron chi connectivity index (χ2n) is 3.95. The molecular weight excluding hydrogens is 284 g/mol. The summed E-state index contributed by atoms with van der Waals surface area (Å²) in [7, 11) is 0. The summed E-state index contributed by atoms with van der Waals surface area (Å²) in [4.78, 5) is 12.0. The second-order valence-corrected chi connectivity index (χ2v) is 4.39. The van der Waals surface area contributed by atoms with Crippen LogP contribution in [0.5, 0.6) is 0 Å².